The summed E-state index contributed by atoms with van der Waals surface area (Å²) in [5, 5.41) is 0. The molecule has 0 aliphatic carbocycles. The number of ketones is 1. The van der Waals surface area contributed by atoms with Crippen LogP contribution in [0.4, 0.5) is 0 Å². The van der Waals surface area contributed by atoms with Crippen molar-refractivity contribution in [1.82, 2.24) is 0 Å². The van der Waals surface area contributed by atoms with Crippen molar-refractivity contribution in [2.75, 3.05) is 13.2 Å². The van der Waals surface area contributed by atoms with E-state index in [1.807, 2.05) is 57.2 Å². The van der Waals surface area contributed by atoms with Gasteiger partial charge in [-0.3, -0.25) is 4.79 Å². The van der Waals surface area contributed by atoms with Crippen molar-refractivity contribution < 1.29 is 14.3 Å². The molecule has 1 fully saturated rings. The number of rotatable bonds is 5. The molecule has 1 unspecified atom stereocenters. The van der Waals surface area contributed by atoms with Crippen LogP contribution < -0.4 is 4.74 Å². The fourth-order valence-corrected chi connectivity index (χ4v) is 2.52. The average Bonchev–Trinajstić information content (AvgIpc) is 3.30. The fraction of sp³-hybridized carbons (Fsp3) is 0.316. The lowest BCUT2D eigenvalue weighted by molar-refractivity contribution is 0.103. The SMILES string of the molecule is Cc1ccc(C(=O)c2cc(C)c(OCC3CO3)c(C)c2)cc1. The predicted octanol–water partition coefficient (Wildman–Crippen LogP) is 3.62. The Hall–Kier alpha value is -2.13. The molecule has 0 spiro atoms. The normalized spacial score (nSPS) is 16.4. The highest BCUT2D eigenvalue weighted by atomic mass is 16.6. The van der Waals surface area contributed by atoms with Gasteiger partial charge in [0.15, 0.2) is 5.78 Å². The van der Waals surface area contributed by atoms with Gasteiger partial charge < -0.3 is 9.47 Å². The summed E-state index contributed by atoms with van der Waals surface area (Å²) in [7, 11) is 0. The van der Waals surface area contributed by atoms with Crippen LogP contribution in [-0.2, 0) is 4.74 Å². The van der Waals surface area contributed by atoms with Gasteiger partial charge in [-0.2, -0.15) is 0 Å². The molecular formula is C19H20O3. The predicted molar refractivity (Wildman–Crippen MR) is 85.8 cm³/mol. The summed E-state index contributed by atoms with van der Waals surface area (Å²) in [5.41, 5.74) is 4.53. The van der Waals surface area contributed by atoms with Crippen molar-refractivity contribution in [1.29, 1.82) is 0 Å². The van der Waals surface area contributed by atoms with Gasteiger partial charge in [0.2, 0.25) is 0 Å². The van der Waals surface area contributed by atoms with Gasteiger partial charge in [0.1, 0.15) is 18.5 Å². The zero-order valence-corrected chi connectivity index (χ0v) is 13.2. The molecule has 0 radical (unpaired) electrons. The van der Waals surface area contributed by atoms with Gasteiger partial charge in [-0.25, -0.2) is 0 Å². The molecule has 0 aromatic heterocycles. The number of hydrogen-bond donors (Lipinski definition) is 0. The third kappa shape index (κ3) is 3.20. The summed E-state index contributed by atoms with van der Waals surface area (Å²) in [6, 6.07) is 11.5. The molecule has 2 aromatic rings. The van der Waals surface area contributed by atoms with Gasteiger partial charge in [-0.05, 0) is 44.0 Å². The van der Waals surface area contributed by atoms with Crippen LogP contribution in [0.2, 0.25) is 0 Å². The van der Waals surface area contributed by atoms with Gasteiger partial charge in [0, 0.05) is 11.1 Å². The molecule has 1 aliphatic rings. The van der Waals surface area contributed by atoms with Crippen LogP contribution in [0, 0.1) is 20.8 Å². The van der Waals surface area contributed by atoms with Crippen LogP contribution in [0.5, 0.6) is 5.75 Å². The molecule has 1 saturated heterocycles. The third-order valence-corrected chi connectivity index (χ3v) is 3.85. The topological polar surface area (TPSA) is 38.8 Å². The molecule has 114 valence electrons. The van der Waals surface area contributed by atoms with Crippen LogP contribution in [-0.4, -0.2) is 25.1 Å². The Morgan fingerprint density at radius 1 is 1.09 bits per heavy atom. The van der Waals surface area contributed by atoms with Crippen molar-refractivity contribution in [3.63, 3.8) is 0 Å². The molecule has 3 heteroatoms. The minimum Gasteiger partial charge on any atom is -0.490 e. The molecule has 22 heavy (non-hydrogen) atoms. The number of carbonyl (C=O) groups excluding carboxylic acids is 1. The molecule has 1 aliphatic heterocycles. The van der Waals surface area contributed by atoms with Crippen molar-refractivity contribution >= 4 is 5.78 Å². The first-order valence-corrected chi connectivity index (χ1v) is 7.51. The molecular weight excluding hydrogens is 276 g/mol. The minimum absolute atomic E-state index is 0.0447. The van der Waals surface area contributed by atoms with Gasteiger partial charge in [0.25, 0.3) is 0 Å². The maximum Gasteiger partial charge on any atom is 0.193 e. The Morgan fingerprint density at radius 3 is 2.23 bits per heavy atom. The molecule has 0 saturated carbocycles. The Kier molecular flexibility index (Phi) is 3.99. The van der Waals surface area contributed by atoms with Gasteiger partial charge in [0.05, 0.1) is 6.61 Å². The molecule has 2 aromatic carbocycles. The second-order valence-corrected chi connectivity index (χ2v) is 5.90. The molecule has 0 N–H and O–H groups in total. The van der Waals surface area contributed by atoms with Crippen molar-refractivity contribution in [2.24, 2.45) is 0 Å². The lowest BCUT2D eigenvalue weighted by Crippen LogP contribution is -2.08. The van der Waals surface area contributed by atoms with E-state index in [0.717, 1.165) is 29.0 Å². The van der Waals surface area contributed by atoms with Crippen LogP contribution in [0.25, 0.3) is 0 Å². The molecule has 0 amide bonds. The average molecular weight is 296 g/mol. The van der Waals surface area contributed by atoms with Crippen molar-refractivity contribution in [2.45, 2.75) is 26.9 Å². The van der Waals surface area contributed by atoms with E-state index in [1.165, 1.54) is 0 Å². The summed E-state index contributed by atoms with van der Waals surface area (Å²) in [5.74, 6) is 0.902. The Bertz CT molecular complexity index is 674. The van der Waals surface area contributed by atoms with E-state index in [4.69, 9.17) is 9.47 Å². The first kappa shape index (κ1) is 14.8. The molecule has 0 bridgehead atoms. The molecule has 1 heterocycles. The maximum absolute atomic E-state index is 12.6. The van der Waals surface area contributed by atoms with Crippen LogP contribution in [0.1, 0.15) is 32.6 Å². The van der Waals surface area contributed by atoms with E-state index in [-0.39, 0.29) is 11.9 Å². The smallest absolute Gasteiger partial charge is 0.193 e. The van der Waals surface area contributed by atoms with Gasteiger partial charge in [-0.1, -0.05) is 29.8 Å². The third-order valence-electron chi connectivity index (χ3n) is 3.85. The largest absolute Gasteiger partial charge is 0.490 e. The standard InChI is InChI=1S/C19H20O3/c1-12-4-6-15(7-5-12)18(20)16-8-13(2)19(14(3)9-16)22-11-17-10-21-17/h4-9,17H,10-11H2,1-3H3. The highest BCUT2D eigenvalue weighted by Crippen LogP contribution is 2.27. The summed E-state index contributed by atoms with van der Waals surface area (Å²) in [4.78, 5) is 12.6. The zero-order chi connectivity index (χ0) is 15.7. The highest BCUT2D eigenvalue weighted by Gasteiger charge is 2.24. The highest BCUT2D eigenvalue weighted by molar-refractivity contribution is 6.09. The first-order valence-electron chi connectivity index (χ1n) is 7.51. The fourth-order valence-electron chi connectivity index (χ4n) is 2.52. The maximum atomic E-state index is 12.6. The number of ether oxygens (including phenoxy) is 2. The molecule has 3 nitrogen and oxygen atoms in total. The van der Waals surface area contributed by atoms with Crippen LogP contribution >= 0.6 is 0 Å². The zero-order valence-electron chi connectivity index (χ0n) is 13.2. The lowest BCUT2D eigenvalue weighted by atomic mass is 9.98. The second-order valence-electron chi connectivity index (χ2n) is 5.90. The van der Waals surface area contributed by atoms with E-state index in [9.17, 15) is 4.79 Å². The number of carbonyl (C=O) groups is 1. The van der Waals surface area contributed by atoms with E-state index in [2.05, 4.69) is 0 Å². The van der Waals surface area contributed by atoms with Crippen molar-refractivity contribution in [3.8, 4) is 5.75 Å². The van der Waals surface area contributed by atoms with Gasteiger partial charge >= 0.3 is 0 Å². The Labute approximate surface area is 130 Å². The Morgan fingerprint density at radius 2 is 1.68 bits per heavy atom. The van der Waals surface area contributed by atoms with E-state index < -0.39 is 0 Å². The van der Waals surface area contributed by atoms with Crippen molar-refractivity contribution in [3.05, 3.63) is 64.2 Å². The monoisotopic (exact) mass is 296 g/mol. The van der Waals surface area contributed by atoms with E-state index in [1.54, 1.807) is 0 Å². The van der Waals surface area contributed by atoms with E-state index in [0.29, 0.717) is 17.7 Å². The summed E-state index contributed by atoms with van der Waals surface area (Å²) in [6.07, 6.45) is 0.229. The minimum atomic E-state index is 0.0447. The van der Waals surface area contributed by atoms with E-state index >= 15 is 0 Å². The number of hydrogen-bond acceptors (Lipinski definition) is 3. The molecule has 3 rings (SSSR count). The Balaban J connectivity index is 1.84. The number of aryl methyl sites for hydroxylation is 3. The summed E-state index contributed by atoms with van der Waals surface area (Å²) >= 11 is 0. The summed E-state index contributed by atoms with van der Waals surface area (Å²) in [6.45, 7) is 7.32. The second kappa shape index (κ2) is 5.93. The summed E-state index contributed by atoms with van der Waals surface area (Å²) < 4.78 is 11.0. The molecule has 1 atom stereocenters. The van der Waals surface area contributed by atoms with Gasteiger partial charge in [-0.15, -0.1) is 0 Å². The number of epoxide rings is 1. The first-order chi connectivity index (χ1) is 10.5. The van der Waals surface area contributed by atoms with Crippen LogP contribution in [0.15, 0.2) is 36.4 Å². The van der Waals surface area contributed by atoms with Crippen LogP contribution in [0.3, 0.4) is 0 Å². The number of benzene rings is 2. The lowest BCUT2D eigenvalue weighted by Gasteiger charge is -2.13. The quantitative estimate of drug-likeness (QED) is 0.625.